The van der Waals surface area contributed by atoms with Crippen LogP contribution in [0.3, 0.4) is 0 Å². The first-order chi connectivity index (χ1) is 10.2. The van der Waals surface area contributed by atoms with E-state index in [1.165, 1.54) is 0 Å². The number of methoxy groups -OCH3 is 1. The van der Waals surface area contributed by atoms with Crippen molar-refractivity contribution in [3.8, 4) is 11.5 Å². The van der Waals surface area contributed by atoms with Gasteiger partial charge in [-0.3, -0.25) is 0 Å². The van der Waals surface area contributed by atoms with Crippen LogP contribution in [0.5, 0.6) is 11.5 Å². The molecule has 0 saturated carbocycles. The maximum atomic E-state index is 5.98. The van der Waals surface area contributed by atoms with Crippen LogP contribution in [0.25, 0.3) is 0 Å². The van der Waals surface area contributed by atoms with Crippen molar-refractivity contribution >= 4 is 15.9 Å². The second-order valence-electron chi connectivity index (χ2n) is 4.63. The molecule has 0 unspecified atom stereocenters. The first-order valence-electron chi connectivity index (χ1n) is 6.98. The summed E-state index contributed by atoms with van der Waals surface area (Å²) in [6, 6.07) is 14.0. The summed E-state index contributed by atoms with van der Waals surface area (Å²) in [6.45, 7) is 4.32. The molecular formula is C17H20BrNO2. The largest absolute Gasteiger partial charge is 0.496 e. The third-order valence-electron chi connectivity index (χ3n) is 3.16. The van der Waals surface area contributed by atoms with Crippen molar-refractivity contribution in [3.63, 3.8) is 0 Å². The monoisotopic (exact) mass is 349 g/mol. The van der Waals surface area contributed by atoms with Crippen LogP contribution < -0.4 is 14.8 Å². The standard InChI is InChI=1S/C17H20BrNO2/c1-3-19-11-13-6-4-5-7-17(13)21-12-14-10-15(18)8-9-16(14)20-2/h4-10,19H,3,11-12H2,1-2H3. The number of halogens is 1. The van der Waals surface area contributed by atoms with Crippen LogP contribution in [0.4, 0.5) is 0 Å². The lowest BCUT2D eigenvalue weighted by atomic mass is 10.2. The highest BCUT2D eigenvalue weighted by Crippen LogP contribution is 2.25. The van der Waals surface area contributed by atoms with E-state index in [-0.39, 0.29) is 0 Å². The summed E-state index contributed by atoms with van der Waals surface area (Å²) in [7, 11) is 1.67. The molecule has 0 aliphatic heterocycles. The van der Waals surface area contributed by atoms with Crippen LogP contribution in [0.15, 0.2) is 46.9 Å². The van der Waals surface area contributed by atoms with Gasteiger partial charge in [0.05, 0.1) is 7.11 Å². The molecule has 0 aromatic heterocycles. The highest BCUT2D eigenvalue weighted by Gasteiger charge is 2.07. The molecule has 4 heteroatoms. The Balaban J connectivity index is 2.11. The van der Waals surface area contributed by atoms with Crippen LogP contribution in [0.1, 0.15) is 18.1 Å². The summed E-state index contributed by atoms with van der Waals surface area (Å²) in [5.74, 6) is 1.74. The van der Waals surface area contributed by atoms with Crippen LogP contribution in [-0.4, -0.2) is 13.7 Å². The Bertz CT molecular complexity index is 587. The zero-order valence-corrected chi connectivity index (χ0v) is 13.9. The molecule has 0 aliphatic carbocycles. The van der Waals surface area contributed by atoms with Crippen LogP contribution in [0.2, 0.25) is 0 Å². The Labute approximate surface area is 134 Å². The number of hydrogen-bond donors (Lipinski definition) is 1. The molecule has 2 aromatic rings. The topological polar surface area (TPSA) is 30.5 Å². The van der Waals surface area contributed by atoms with Crippen LogP contribution in [-0.2, 0) is 13.2 Å². The average Bonchev–Trinajstić information content (AvgIpc) is 2.52. The van der Waals surface area contributed by atoms with Crippen LogP contribution >= 0.6 is 15.9 Å². The molecule has 3 nitrogen and oxygen atoms in total. The molecule has 0 spiro atoms. The normalized spacial score (nSPS) is 10.4. The second kappa shape index (κ2) is 8.05. The van der Waals surface area contributed by atoms with E-state index in [0.717, 1.165) is 40.2 Å². The van der Waals surface area contributed by atoms with E-state index >= 15 is 0 Å². The van der Waals surface area contributed by atoms with E-state index in [2.05, 4.69) is 34.2 Å². The SMILES string of the molecule is CCNCc1ccccc1OCc1cc(Br)ccc1OC. The van der Waals surface area contributed by atoms with Crippen molar-refractivity contribution in [1.29, 1.82) is 0 Å². The molecule has 0 atom stereocenters. The van der Waals surface area contributed by atoms with Crippen molar-refractivity contribution in [3.05, 3.63) is 58.1 Å². The molecule has 0 bridgehead atoms. The maximum Gasteiger partial charge on any atom is 0.125 e. The lowest BCUT2D eigenvalue weighted by Crippen LogP contribution is -2.12. The summed E-state index contributed by atoms with van der Waals surface area (Å²) in [5.41, 5.74) is 2.18. The summed E-state index contributed by atoms with van der Waals surface area (Å²) in [6.07, 6.45) is 0. The minimum absolute atomic E-state index is 0.478. The zero-order chi connectivity index (χ0) is 15.1. The Morgan fingerprint density at radius 3 is 2.62 bits per heavy atom. The molecule has 0 aliphatic rings. The first kappa shape index (κ1) is 15.9. The fourth-order valence-corrected chi connectivity index (χ4v) is 2.47. The second-order valence-corrected chi connectivity index (χ2v) is 5.55. The van der Waals surface area contributed by atoms with Crippen molar-refractivity contribution in [1.82, 2.24) is 5.32 Å². The highest BCUT2D eigenvalue weighted by molar-refractivity contribution is 9.10. The molecule has 112 valence electrons. The minimum Gasteiger partial charge on any atom is -0.496 e. The van der Waals surface area contributed by atoms with Gasteiger partial charge in [-0.05, 0) is 30.8 Å². The van der Waals surface area contributed by atoms with Gasteiger partial charge >= 0.3 is 0 Å². The Morgan fingerprint density at radius 2 is 1.86 bits per heavy atom. The number of nitrogens with one attached hydrogen (secondary N) is 1. The van der Waals surface area contributed by atoms with Gasteiger partial charge in [0.25, 0.3) is 0 Å². The van der Waals surface area contributed by atoms with Gasteiger partial charge in [-0.2, -0.15) is 0 Å². The van der Waals surface area contributed by atoms with Gasteiger partial charge in [-0.1, -0.05) is 41.1 Å². The number of para-hydroxylation sites is 1. The van der Waals surface area contributed by atoms with E-state index < -0.39 is 0 Å². The molecule has 1 N–H and O–H groups in total. The fraction of sp³-hybridized carbons (Fsp3) is 0.294. The number of hydrogen-bond acceptors (Lipinski definition) is 3. The molecule has 0 heterocycles. The molecule has 2 aromatic carbocycles. The zero-order valence-electron chi connectivity index (χ0n) is 12.4. The van der Waals surface area contributed by atoms with Gasteiger partial charge in [0.15, 0.2) is 0 Å². The van der Waals surface area contributed by atoms with E-state index in [1.54, 1.807) is 7.11 Å². The summed E-state index contributed by atoms with van der Waals surface area (Å²) in [4.78, 5) is 0. The van der Waals surface area contributed by atoms with Crippen LogP contribution in [0, 0.1) is 0 Å². The third-order valence-corrected chi connectivity index (χ3v) is 3.66. The molecule has 0 saturated heterocycles. The predicted molar refractivity (Wildman–Crippen MR) is 88.8 cm³/mol. The van der Waals surface area contributed by atoms with Gasteiger partial charge in [-0.25, -0.2) is 0 Å². The molecule has 0 fully saturated rings. The van der Waals surface area contributed by atoms with Gasteiger partial charge in [0.1, 0.15) is 18.1 Å². The molecule has 0 amide bonds. The van der Waals surface area contributed by atoms with Crippen molar-refractivity contribution in [2.45, 2.75) is 20.1 Å². The quantitative estimate of drug-likeness (QED) is 0.814. The van der Waals surface area contributed by atoms with Gasteiger partial charge < -0.3 is 14.8 Å². The van der Waals surface area contributed by atoms with E-state index in [4.69, 9.17) is 9.47 Å². The Kier molecular flexibility index (Phi) is 6.08. The number of benzene rings is 2. The minimum atomic E-state index is 0.478. The summed E-state index contributed by atoms with van der Waals surface area (Å²) >= 11 is 3.48. The molecular weight excluding hydrogens is 330 g/mol. The maximum absolute atomic E-state index is 5.98. The summed E-state index contributed by atoms with van der Waals surface area (Å²) in [5, 5.41) is 3.32. The highest BCUT2D eigenvalue weighted by atomic mass is 79.9. The van der Waals surface area contributed by atoms with E-state index in [0.29, 0.717) is 6.61 Å². The molecule has 2 rings (SSSR count). The van der Waals surface area contributed by atoms with E-state index in [1.807, 2.05) is 36.4 Å². The smallest absolute Gasteiger partial charge is 0.125 e. The first-order valence-corrected chi connectivity index (χ1v) is 7.77. The van der Waals surface area contributed by atoms with Gasteiger partial charge in [0, 0.05) is 22.1 Å². The van der Waals surface area contributed by atoms with Gasteiger partial charge in [0.2, 0.25) is 0 Å². The average molecular weight is 350 g/mol. The Hall–Kier alpha value is -1.52. The van der Waals surface area contributed by atoms with Crippen molar-refractivity contribution in [2.24, 2.45) is 0 Å². The molecule has 0 radical (unpaired) electrons. The fourth-order valence-electron chi connectivity index (χ4n) is 2.07. The lowest BCUT2D eigenvalue weighted by Gasteiger charge is -2.14. The lowest BCUT2D eigenvalue weighted by molar-refractivity contribution is 0.293. The van der Waals surface area contributed by atoms with Gasteiger partial charge in [-0.15, -0.1) is 0 Å². The Morgan fingerprint density at radius 1 is 1.05 bits per heavy atom. The third kappa shape index (κ3) is 4.48. The number of rotatable bonds is 7. The van der Waals surface area contributed by atoms with Crippen molar-refractivity contribution in [2.75, 3.05) is 13.7 Å². The van der Waals surface area contributed by atoms with E-state index in [9.17, 15) is 0 Å². The van der Waals surface area contributed by atoms with Crippen molar-refractivity contribution < 1.29 is 9.47 Å². The summed E-state index contributed by atoms with van der Waals surface area (Å²) < 4.78 is 12.4. The number of ether oxygens (including phenoxy) is 2. The molecule has 21 heavy (non-hydrogen) atoms. The predicted octanol–water partition coefficient (Wildman–Crippen LogP) is 4.15.